The Morgan fingerprint density at radius 2 is 2.05 bits per heavy atom. The van der Waals surface area contributed by atoms with E-state index in [1.54, 1.807) is 6.33 Å². The van der Waals surface area contributed by atoms with Gasteiger partial charge in [-0.3, -0.25) is 4.79 Å². The molecule has 1 atom stereocenters. The number of imidazole rings is 1. The van der Waals surface area contributed by atoms with Gasteiger partial charge in [0.25, 0.3) is 5.91 Å². The summed E-state index contributed by atoms with van der Waals surface area (Å²) in [6.45, 7) is 0. The van der Waals surface area contributed by atoms with E-state index >= 15 is 0 Å². The second kappa shape index (κ2) is 3.42. The average molecular weight is 278 g/mol. The molecule has 3 heterocycles. The van der Waals surface area contributed by atoms with Crippen LogP contribution in [0.5, 0.6) is 0 Å². The van der Waals surface area contributed by atoms with Gasteiger partial charge in [0, 0.05) is 21.9 Å². The number of rotatable bonds is 0. The highest BCUT2D eigenvalue weighted by molar-refractivity contribution is 6.26. The molecule has 2 aromatic heterocycles. The lowest BCUT2D eigenvalue weighted by atomic mass is 10.00. The highest BCUT2D eigenvalue weighted by atomic mass is 16.3. The molecule has 0 saturated carbocycles. The van der Waals surface area contributed by atoms with E-state index in [9.17, 15) is 9.90 Å². The molecule has 0 saturated heterocycles. The Labute approximate surface area is 117 Å². The summed E-state index contributed by atoms with van der Waals surface area (Å²) in [5.74, 6) is -0.267. The zero-order valence-corrected chi connectivity index (χ0v) is 10.8. The Morgan fingerprint density at radius 1 is 1.19 bits per heavy atom. The predicted octanol–water partition coefficient (Wildman–Crippen LogP) is 1.93. The summed E-state index contributed by atoms with van der Waals surface area (Å²) in [7, 11) is 0. The van der Waals surface area contributed by atoms with Crippen LogP contribution in [0.1, 0.15) is 22.1 Å². The number of aromatic amines is 2. The molecule has 5 rings (SSSR count). The van der Waals surface area contributed by atoms with Crippen LogP contribution in [-0.2, 0) is 0 Å². The van der Waals surface area contributed by atoms with Crippen molar-refractivity contribution in [2.24, 2.45) is 0 Å². The number of carbonyl (C=O) groups excluding carboxylic acids is 1. The number of nitrogens with one attached hydrogen (secondary N) is 3. The van der Waals surface area contributed by atoms with Gasteiger partial charge in [-0.1, -0.05) is 18.2 Å². The Balaban J connectivity index is 2.17. The van der Waals surface area contributed by atoms with Crippen LogP contribution in [-0.4, -0.2) is 26.0 Å². The third-order valence-corrected chi connectivity index (χ3v) is 4.14. The molecule has 0 radical (unpaired) electrons. The molecule has 4 aromatic rings. The average Bonchev–Trinajstić information content (AvgIpc) is 3.14. The highest BCUT2D eigenvalue weighted by Gasteiger charge is 2.34. The van der Waals surface area contributed by atoms with Crippen LogP contribution in [0.15, 0.2) is 30.6 Å². The summed E-state index contributed by atoms with van der Waals surface area (Å²) in [5, 5.41) is 14.5. The normalized spacial score (nSPS) is 17.8. The molecule has 0 aliphatic carbocycles. The zero-order chi connectivity index (χ0) is 14.1. The molecule has 1 unspecified atom stereocenters. The van der Waals surface area contributed by atoms with Crippen molar-refractivity contribution in [3.05, 3.63) is 41.7 Å². The van der Waals surface area contributed by atoms with Crippen molar-refractivity contribution in [3.63, 3.8) is 0 Å². The standard InChI is InChI=1S/C15H10N4O2/c20-14-9-8-6-3-1-2-4-7(6)18-12(8)13-11(16-5-17-13)10(9)15(21)19-14/h1-5,15,18,21H,(H,16,17)(H,19,20). The molecule has 1 aliphatic rings. The van der Waals surface area contributed by atoms with Gasteiger partial charge < -0.3 is 20.4 Å². The third kappa shape index (κ3) is 1.16. The molecule has 0 bridgehead atoms. The van der Waals surface area contributed by atoms with Crippen molar-refractivity contribution < 1.29 is 9.90 Å². The molecule has 21 heavy (non-hydrogen) atoms. The Hall–Kier alpha value is -2.86. The topological polar surface area (TPSA) is 93.8 Å². The van der Waals surface area contributed by atoms with E-state index in [2.05, 4.69) is 20.3 Å². The van der Waals surface area contributed by atoms with Crippen molar-refractivity contribution in [1.29, 1.82) is 0 Å². The molecular formula is C15H10N4O2. The van der Waals surface area contributed by atoms with Crippen molar-refractivity contribution in [2.75, 3.05) is 0 Å². The maximum Gasteiger partial charge on any atom is 0.254 e. The number of aliphatic hydroxyl groups is 1. The Kier molecular flexibility index (Phi) is 1.77. The van der Waals surface area contributed by atoms with Gasteiger partial charge in [0.05, 0.1) is 28.4 Å². The van der Waals surface area contributed by atoms with Gasteiger partial charge in [0.1, 0.15) is 0 Å². The molecule has 0 spiro atoms. The van der Waals surface area contributed by atoms with Gasteiger partial charge in [-0.15, -0.1) is 0 Å². The van der Waals surface area contributed by atoms with E-state index in [0.29, 0.717) is 16.6 Å². The minimum absolute atomic E-state index is 0.267. The molecule has 102 valence electrons. The smallest absolute Gasteiger partial charge is 0.254 e. The summed E-state index contributed by atoms with van der Waals surface area (Å²) in [4.78, 5) is 23.0. The van der Waals surface area contributed by atoms with Gasteiger partial charge in [-0.05, 0) is 6.07 Å². The first-order valence-corrected chi connectivity index (χ1v) is 6.64. The molecule has 6 nitrogen and oxygen atoms in total. The number of benzene rings is 2. The van der Waals surface area contributed by atoms with Crippen LogP contribution in [0.2, 0.25) is 0 Å². The van der Waals surface area contributed by atoms with E-state index in [4.69, 9.17) is 0 Å². The summed E-state index contributed by atoms with van der Waals surface area (Å²) >= 11 is 0. The molecule has 4 N–H and O–H groups in total. The number of amides is 1. The summed E-state index contributed by atoms with van der Waals surface area (Å²) in [6, 6.07) is 7.81. The van der Waals surface area contributed by atoms with Crippen LogP contribution >= 0.6 is 0 Å². The number of hydrogen-bond acceptors (Lipinski definition) is 3. The van der Waals surface area contributed by atoms with Crippen LogP contribution in [0.25, 0.3) is 32.8 Å². The van der Waals surface area contributed by atoms with Gasteiger partial charge in [-0.25, -0.2) is 4.98 Å². The molecule has 0 fully saturated rings. The van der Waals surface area contributed by atoms with Crippen LogP contribution in [0.3, 0.4) is 0 Å². The zero-order valence-electron chi connectivity index (χ0n) is 10.8. The van der Waals surface area contributed by atoms with E-state index < -0.39 is 6.23 Å². The number of aliphatic hydroxyl groups excluding tert-OH is 1. The fourth-order valence-electron chi connectivity index (χ4n) is 3.30. The van der Waals surface area contributed by atoms with E-state index in [1.165, 1.54) is 0 Å². The molecule has 6 heteroatoms. The Morgan fingerprint density at radius 3 is 2.95 bits per heavy atom. The minimum Gasteiger partial charge on any atom is -0.369 e. The highest BCUT2D eigenvalue weighted by Crippen LogP contribution is 2.40. The minimum atomic E-state index is -1.02. The quantitative estimate of drug-likeness (QED) is 0.396. The first kappa shape index (κ1) is 10.9. The number of para-hydroxylation sites is 1. The van der Waals surface area contributed by atoms with E-state index in [0.717, 1.165) is 27.3 Å². The maximum absolute atomic E-state index is 12.3. The van der Waals surface area contributed by atoms with Crippen LogP contribution < -0.4 is 5.32 Å². The van der Waals surface area contributed by atoms with E-state index in [-0.39, 0.29) is 5.91 Å². The summed E-state index contributed by atoms with van der Waals surface area (Å²) in [6.07, 6.45) is 0.558. The number of aromatic nitrogens is 3. The monoisotopic (exact) mass is 278 g/mol. The Bertz CT molecular complexity index is 1060. The second-order valence-electron chi connectivity index (χ2n) is 5.21. The summed E-state index contributed by atoms with van der Waals surface area (Å²) < 4.78 is 0. The number of H-pyrrole nitrogens is 2. The molecular weight excluding hydrogens is 268 g/mol. The van der Waals surface area contributed by atoms with Crippen molar-refractivity contribution in [2.45, 2.75) is 6.23 Å². The predicted molar refractivity (Wildman–Crippen MR) is 77.9 cm³/mol. The van der Waals surface area contributed by atoms with Crippen molar-refractivity contribution in [3.8, 4) is 0 Å². The van der Waals surface area contributed by atoms with Gasteiger partial charge >= 0.3 is 0 Å². The lowest BCUT2D eigenvalue weighted by Gasteiger charge is -2.04. The molecule has 2 aromatic carbocycles. The first-order valence-electron chi connectivity index (χ1n) is 6.64. The number of fused-ring (bicyclic) bond motifs is 8. The van der Waals surface area contributed by atoms with Crippen LogP contribution in [0.4, 0.5) is 0 Å². The van der Waals surface area contributed by atoms with E-state index in [1.807, 2.05) is 24.3 Å². The SMILES string of the molecule is O=C1NC(O)c2c1c1c3ccccc3[nH]c1c1[nH]cnc21. The van der Waals surface area contributed by atoms with Gasteiger partial charge in [0.2, 0.25) is 0 Å². The second-order valence-corrected chi connectivity index (χ2v) is 5.21. The number of nitrogens with zero attached hydrogens (tertiary/aromatic N) is 1. The number of hydrogen-bond donors (Lipinski definition) is 4. The third-order valence-electron chi connectivity index (χ3n) is 4.14. The largest absolute Gasteiger partial charge is 0.369 e. The van der Waals surface area contributed by atoms with Crippen molar-refractivity contribution in [1.82, 2.24) is 20.3 Å². The molecule has 1 aliphatic heterocycles. The fourth-order valence-corrected chi connectivity index (χ4v) is 3.30. The summed E-state index contributed by atoms with van der Waals surface area (Å²) in [5.41, 5.74) is 4.27. The maximum atomic E-state index is 12.3. The number of carbonyl (C=O) groups is 1. The van der Waals surface area contributed by atoms with Gasteiger partial charge in [-0.2, -0.15) is 0 Å². The lowest BCUT2D eigenvalue weighted by Crippen LogP contribution is -2.18. The van der Waals surface area contributed by atoms with Gasteiger partial charge in [0.15, 0.2) is 6.23 Å². The van der Waals surface area contributed by atoms with Crippen molar-refractivity contribution >= 4 is 38.7 Å². The fraction of sp³-hybridized carbons (Fsp3) is 0.0667. The molecule has 1 amide bonds. The lowest BCUT2D eigenvalue weighted by molar-refractivity contribution is 0.0852. The van der Waals surface area contributed by atoms with Crippen LogP contribution in [0, 0.1) is 0 Å². The first-order chi connectivity index (χ1) is 10.3.